The number of rotatable bonds is 3. The van der Waals surface area contributed by atoms with E-state index in [9.17, 15) is 9.59 Å². The molecule has 0 spiro atoms. The third-order valence-corrected chi connectivity index (χ3v) is 7.29. The summed E-state index contributed by atoms with van der Waals surface area (Å²) in [6.45, 7) is 2.85. The van der Waals surface area contributed by atoms with Crippen LogP contribution in [0.25, 0.3) is 22.0 Å². The van der Waals surface area contributed by atoms with Gasteiger partial charge in [0, 0.05) is 34.6 Å². The molecule has 5 heterocycles. The van der Waals surface area contributed by atoms with Crippen LogP contribution >= 0.6 is 22.9 Å². The standard InChI is InChI=1S/C23H18ClN7O2S/c1-13-16(11-25-31(13)23-27-20(32)18-6-3-8-30(18)28-23)22(33)29-9-7-17-19(12-29)34-21(26-17)14-4-2-5-15(24)10-14/h2-6,8,10-11H,7,9,12H2,1H3,(H,27,28,32). The summed E-state index contributed by atoms with van der Waals surface area (Å²) in [5.41, 5.74) is 3.24. The Labute approximate surface area is 202 Å². The number of thiazole rings is 1. The zero-order chi connectivity index (χ0) is 23.4. The second kappa shape index (κ2) is 7.93. The Morgan fingerprint density at radius 3 is 2.97 bits per heavy atom. The lowest BCUT2D eigenvalue weighted by Crippen LogP contribution is -2.35. The van der Waals surface area contributed by atoms with Gasteiger partial charge < -0.3 is 4.90 Å². The molecule has 170 valence electrons. The molecule has 0 radical (unpaired) electrons. The molecule has 1 amide bonds. The molecular formula is C23H18ClN7O2S. The Balaban J connectivity index is 1.27. The van der Waals surface area contributed by atoms with E-state index in [1.165, 1.54) is 15.4 Å². The van der Waals surface area contributed by atoms with E-state index in [4.69, 9.17) is 16.6 Å². The van der Waals surface area contributed by atoms with Crippen molar-refractivity contribution in [1.82, 2.24) is 34.3 Å². The normalized spacial score (nSPS) is 13.4. The van der Waals surface area contributed by atoms with Gasteiger partial charge in [-0.25, -0.2) is 14.2 Å². The second-order valence-electron chi connectivity index (χ2n) is 8.05. The molecule has 1 aliphatic heterocycles. The molecule has 0 atom stereocenters. The molecule has 0 bridgehead atoms. The summed E-state index contributed by atoms with van der Waals surface area (Å²) in [4.78, 5) is 36.1. The van der Waals surface area contributed by atoms with Crippen molar-refractivity contribution in [1.29, 1.82) is 0 Å². The molecule has 1 N–H and O–H groups in total. The summed E-state index contributed by atoms with van der Waals surface area (Å²) in [7, 11) is 0. The van der Waals surface area contributed by atoms with Crippen LogP contribution in [-0.4, -0.2) is 46.7 Å². The van der Waals surface area contributed by atoms with Crippen molar-refractivity contribution in [2.75, 3.05) is 6.54 Å². The van der Waals surface area contributed by atoms with Crippen LogP contribution in [0.4, 0.5) is 0 Å². The number of nitrogens with zero attached hydrogens (tertiary/aromatic N) is 6. The van der Waals surface area contributed by atoms with E-state index in [1.54, 1.807) is 36.6 Å². The van der Waals surface area contributed by atoms with Crippen LogP contribution in [0.5, 0.6) is 0 Å². The van der Waals surface area contributed by atoms with Gasteiger partial charge in [-0.3, -0.25) is 14.6 Å². The third kappa shape index (κ3) is 3.42. The van der Waals surface area contributed by atoms with Gasteiger partial charge in [-0.1, -0.05) is 23.7 Å². The first kappa shape index (κ1) is 20.8. The molecule has 0 unspecified atom stereocenters. The highest BCUT2D eigenvalue weighted by atomic mass is 35.5. The van der Waals surface area contributed by atoms with Crippen molar-refractivity contribution in [3.8, 4) is 16.5 Å². The van der Waals surface area contributed by atoms with Crippen molar-refractivity contribution >= 4 is 34.4 Å². The van der Waals surface area contributed by atoms with Crippen LogP contribution in [0, 0.1) is 6.92 Å². The van der Waals surface area contributed by atoms with Gasteiger partial charge in [0.1, 0.15) is 10.5 Å². The van der Waals surface area contributed by atoms with Crippen molar-refractivity contribution in [3.05, 3.63) is 86.0 Å². The molecule has 4 aromatic heterocycles. The molecule has 9 nitrogen and oxygen atoms in total. The average Bonchev–Trinajstić information content (AvgIpc) is 3.56. The fourth-order valence-corrected chi connectivity index (χ4v) is 5.45. The third-order valence-electron chi connectivity index (χ3n) is 5.92. The van der Waals surface area contributed by atoms with Crippen LogP contribution in [0.2, 0.25) is 5.02 Å². The van der Waals surface area contributed by atoms with Crippen molar-refractivity contribution in [2.45, 2.75) is 19.9 Å². The lowest BCUT2D eigenvalue weighted by atomic mass is 10.1. The van der Waals surface area contributed by atoms with Gasteiger partial charge in [0.25, 0.3) is 11.5 Å². The Bertz CT molecular complexity index is 1630. The first-order chi connectivity index (χ1) is 16.5. The predicted octanol–water partition coefficient (Wildman–Crippen LogP) is 3.49. The molecule has 0 saturated heterocycles. The van der Waals surface area contributed by atoms with E-state index in [0.29, 0.717) is 41.3 Å². The van der Waals surface area contributed by atoms with Crippen LogP contribution in [-0.2, 0) is 13.0 Å². The van der Waals surface area contributed by atoms with E-state index < -0.39 is 0 Å². The van der Waals surface area contributed by atoms with Gasteiger partial charge in [0.15, 0.2) is 0 Å². The highest BCUT2D eigenvalue weighted by molar-refractivity contribution is 7.15. The molecule has 5 aromatic rings. The number of aromatic nitrogens is 6. The summed E-state index contributed by atoms with van der Waals surface area (Å²) >= 11 is 7.72. The Kier molecular flexibility index (Phi) is 4.85. The molecule has 0 saturated carbocycles. The minimum Gasteiger partial charge on any atom is -0.333 e. The van der Waals surface area contributed by atoms with Crippen molar-refractivity contribution in [3.63, 3.8) is 0 Å². The average molecular weight is 492 g/mol. The molecule has 6 rings (SSSR count). The van der Waals surface area contributed by atoms with Crippen LogP contribution < -0.4 is 5.56 Å². The Hall–Kier alpha value is -3.76. The van der Waals surface area contributed by atoms with Crippen LogP contribution in [0.1, 0.15) is 26.6 Å². The molecule has 1 aliphatic rings. The van der Waals surface area contributed by atoms with E-state index in [1.807, 2.05) is 29.2 Å². The van der Waals surface area contributed by atoms with E-state index in [-0.39, 0.29) is 17.4 Å². The van der Waals surface area contributed by atoms with Gasteiger partial charge in [-0.15, -0.1) is 16.4 Å². The number of benzene rings is 1. The van der Waals surface area contributed by atoms with Crippen LogP contribution in [0.15, 0.2) is 53.6 Å². The summed E-state index contributed by atoms with van der Waals surface area (Å²) in [6.07, 6.45) is 3.90. The van der Waals surface area contributed by atoms with E-state index in [2.05, 4.69) is 15.2 Å². The number of halogens is 1. The van der Waals surface area contributed by atoms with Crippen molar-refractivity contribution < 1.29 is 4.79 Å². The smallest absolute Gasteiger partial charge is 0.276 e. The highest BCUT2D eigenvalue weighted by Gasteiger charge is 2.28. The number of amides is 1. The van der Waals surface area contributed by atoms with Gasteiger partial charge in [-0.2, -0.15) is 5.10 Å². The summed E-state index contributed by atoms with van der Waals surface area (Å²) < 4.78 is 2.97. The number of hydrogen-bond acceptors (Lipinski definition) is 6. The monoisotopic (exact) mass is 491 g/mol. The largest absolute Gasteiger partial charge is 0.333 e. The maximum atomic E-state index is 13.4. The fourth-order valence-electron chi connectivity index (χ4n) is 4.14. The van der Waals surface area contributed by atoms with E-state index in [0.717, 1.165) is 21.1 Å². The Morgan fingerprint density at radius 1 is 1.24 bits per heavy atom. The first-order valence-corrected chi connectivity index (χ1v) is 11.8. The highest BCUT2D eigenvalue weighted by Crippen LogP contribution is 2.33. The van der Waals surface area contributed by atoms with Gasteiger partial charge >= 0.3 is 0 Å². The number of carbonyl (C=O) groups is 1. The zero-order valence-electron chi connectivity index (χ0n) is 18.0. The number of nitrogens with one attached hydrogen (secondary N) is 1. The molecule has 0 fully saturated rings. The molecule has 1 aromatic carbocycles. The minimum atomic E-state index is -0.276. The number of carbonyl (C=O) groups excluding carboxylic acids is 1. The first-order valence-electron chi connectivity index (χ1n) is 10.6. The van der Waals surface area contributed by atoms with Crippen LogP contribution in [0.3, 0.4) is 0 Å². The SMILES string of the molecule is Cc1c(C(=O)N2CCc3nc(-c4cccc(Cl)c4)sc3C2)cnn1-c1nn2cccc2c(=O)[nH]1. The Morgan fingerprint density at radius 2 is 2.12 bits per heavy atom. The number of aromatic amines is 1. The minimum absolute atomic E-state index is 0.114. The van der Waals surface area contributed by atoms with Gasteiger partial charge in [0.05, 0.1) is 29.7 Å². The molecule has 0 aliphatic carbocycles. The van der Waals surface area contributed by atoms with Crippen molar-refractivity contribution in [2.24, 2.45) is 0 Å². The topological polar surface area (TPSA) is 101 Å². The predicted molar refractivity (Wildman–Crippen MR) is 129 cm³/mol. The molecule has 11 heteroatoms. The molecular weight excluding hydrogens is 474 g/mol. The number of H-pyrrole nitrogens is 1. The fraction of sp³-hybridized carbons (Fsp3) is 0.174. The van der Waals surface area contributed by atoms with Gasteiger partial charge in [0.2, 0.25) is 5.95 Å². The number of fused-ring (bicyclic) bond motifs is 2. The summed E-state index contributed by atoms with van der Waals surface area (Å²) in [5, 5.41) is 10.3. The maximum Gasteiger partial charge on any atom is 0.276 e. The lowest BCUT2D eigenvalue weighted by molar-refractivity contribution is 0.0735. The van der Waals surface area contributed by atoms with Gasteiger partial charge in [-0.05, 0) is 31.2 Å². The molecule has 34 heavy (non-hydrogen) atoms. The maximum absolute atomic E-state index is 13.4. The zero-order valence-corrected chi connectivity index (χ0v) is 19.6. The summed E-state index contributed by atoms with van der Waals surface area (Å²) in [6, 6.07) is 11.1. The second-order valence-corrected chi connectivity index (χ2v) is 9.57. The van der Waals surface area contributed by atoms with E-state index >= 15 is 0 Å². The number of hydrogen-bond donors (Lipinski definition) is 1. The summed E-state index contributed by atoms with van der Waals surface area (Å²) in [5.74, 6) is 0.135. The quantitative estimate of drug-likeness (QED) is 0.416. The lowest BCUT2D eigenvalue weighted by Gasteiger charge is -2.26.